The Morgan fingerprint density at radius 3 is 2.68 bits per heavy atom. The highest BCUT2D eigenvalue weighted by Gasteiger charge is 2.11. The van der Waals surface area contributed by atoms with E-state index in [1.54, 1.807) is 36.6 Å². The summed E-state index contributed by atoms with van der Waals surface area (Å²) < 4.78 is 5.31. The van der Waals surface area contributed by atoms with Gasteiger partial charge in [0.05, 0.1) is 11.8 Å². The Labute approximate surface area is 145 Å². The molecule has 0 atom stereocenters. The average molecular weight is 335 g/mol. The van der Waals surface area contributed by atoms with Crippen molar-refractivity contribution in [2.45, 2.75) is 12.8 Å². The standard InChI is InChI=1S/C20H19N2O3/c21-19(23)15-8-2-1-6-14(15)7-3-4-12-22-20(24)17-9-5-10-18-16(17)11-13-25-18/h1-2,4-6,8-11,13H,3,7,12H2,(H2,21,23)(H,22,24). The molecule has 3 N–H and O–H groups in total. The minimum Gasteiger partial charge on any atom is -0.464 e. The van der Waals surface area contributed by atoms with E-state index in [1.165, 1.54) is 0 Å². The van der Waals surface area contributed by atoms with Crippen LogP contribution in [0.2, 0.25) is 0 Å². The van der Waals surface area contributed by atoms with Crippen molar-refractivity contribution in [2.75, 3.05) is 6.54 Å². The SMILES string of the molecule is NC(=O)c1ccccc1CC[CH]CNC(=O)c1cccc2occc12. The molecule has 127 valence electrons. The van der Waals surface area contributed by atoms with E-state index in [-0.39, 0.29) is 5.91 Å². The molecule has 0 aliphatic carbocycles. The lowest BCUT2D eigenvalue weighted by Crippen LogP contribution is -2.25. The molecule has 5 nitrogen and oxygen atoms in total. The Morgan fingerprint density at radius 2 is 1.84 bits per heavy atom. The number of primary amides is 1. The molecule has 1 aromatic heterocycles. The number of carbonyl (C=O) groups excluding carboxylic acids is 2. The second kappa shape index (κ2) is 7.66. The zero-order valence-electron chi connectivity index (χ0n) is 13.7. The first-order valence-corrected chi connectivity index (χ1v) is 8.10. The summed E-state index contributed by atoms with van der Waals surface area (Å²) in [5, 5.41) is 3.68. The molecule has 0 fully saturated rings. The Hall–Kier alpha value is -3.08. The van der Waals surface area contributed by atoms with Crippen molar-refractivity contribution in [3.63, 3.8) is 0 Å². The molecule has 25 heavy (non-hydrogen) atoms. The van der Waals surface area contributed by atoms with Crippen molar-refractivity contribution in [3.8, 4) is 0 Å². The molecule has 1 radical (unpaired) electrons. The van der Waals surface area contributed by atoms with Gasteiger partial charge in [0.15, 0.2) is 0 Å². The molecule has 0 spiro atoms. The number of aryl methyl sites for hydroxylation is 1. The van der Waals surface area contributed by atoms with E-state index >= 15 is 0 Å². The highest BCUT2D eigenvalue weighted by atomic mass is 16.3. The zero-order chi connectivity index (χ0) is 17.6. The third kappa shape index (κ3) is 3.88. The second-order valence-corrected chi connectivity index (χ2v) is 5.70. The molecular weight excluding hydrogens is 316 g/mol. The van der Waals surface area contributed by atoms with Gasteiger partial charge in [-0.05, 0) is 49.1 Å². The molecule has 0 unspecified atom stereocenters. The summed E-state index contributed by atoms with van der Waals surface area (Å²) in [5.41, 5.74) is 8.13. The number of hydrogen-bond donors (Lipinski definition) is 2. The van der Waals surface area contributed by atoms with Gasteiger partial charge < -0.3 is 15.5 Å². The van der Waals surface area contributed by atoms with Crippen LogP contribution in [0.5, 0.6) is 0 Å². The van der Waals surface area contributed by atoms with Crippen LogP contribution >= 0.6 is 0 Å². The summed E-state index contributed by atoms with van der Waals surface area (Å²) in [6, 6.07) is 14.5. The molecule has 0 aliphatic rings. The smallest absolute Gasteiger partial charge is 0.252 e. The van der Waals surface area contributed by atoms with Crippen LogP contribution in [0.3, 0.4) is 0 Å². The van der Waals surface area contributed by atoms with E-state index < -0.39 is 5.91 Å². The van der Waals surface area contributed by atoms with Crippen LogP contribution in [0, 0.1) is 6.42 Å². The molecule has 2 amide bonds. The minimum atomic E-state index is -0.419. The second-order valence-electron chi connectivity index (χ2n) is 5.70. The number of nitrogens with two attached hydrogens (primary N) is 1. The lowest BCUT2D eigenvalue weighted by molar-refractivity contribution is 0.0956. The molecule has 0 aliphatic heterocycles. The Balaban J connectivity index is 1.50. The lowest BCUT2D eigenvalue weighted by atomic mass is 10.0. The maximum absolute atomic E-state index is 12.3. The van der Waals surface area contributed by atoms with E-state index in [0.717, 1.165) is 17.4 Å². The molecule has 0 saturated carbocycles. The van der Waals surface area contributed by atoms with E-state index in [0.29, 0.717) is 29.7 Å². The van der Waals surface area contributed by atoms with Crippen LogP contribution in [0.15, 0.2) is 59.2 Å². The Bertz CT molecular complexity index is 899. The Morgan fingerprint density at radius 1 is 1.04 bits per heavy atom. The first-order valence-electron chi connectivity index (χ1n) is 8.10. The molecule has 2 aromatic carbocycles. The van der Waals surface area contributed by atoms with Crippen molar-refractivity contribution in [1.82, 2.24) is 5.32 Å². The van der Waals surface area contributed by atoms with E-state index in [2.05, 4.69) is 5.32 Å². The highest BCUT2D eigenvalue weighted by Crippen LogP contribution is 2.19. The number of amides is 2. The zero-order valence-corrected chi connectivity index (χ0v) is 13.7. The molecule has 1 heterocycles. The quantitative estimate of drug-likeness (QED) is 0.651. The first-order chi connectivity index (χ1) is 12.2. The molecule has 0 saturated heterocycles. The van der Waals surface area contributed by atoms with Crippen LogP contribution < -0.4 is 11.1 Å². The average Bonchev–Trinajstić information content (AvgIpc) is 3.10. The maximum atomic E-state index is 12.3. The van der Waals surface area contributed by atoms with Crippen LogP contribution in [-0.4, -0.2) is 18.4 Å². The Kier molecular flexibility index (Phi) is 5.14. The van der Waals surface area contributed by atoms with Gasteiger partial charge in [-0.25, -0.2) is 0 Å². The number of hydrogen-bond acceptors (Lipinski definition) is 3. The first kappa shape index (κ1) is 16.8. The van der Waals surface area contributed by atoms with Crippen molar-refractivity contribution >= 4 is 22.8 Å². The normalized spacial score (nSPS) is 10.7. The van der Waals surface area contributed by atoms with Gasteiger partial charge in [0.1, 0.15) is 5.58 Å². The fourth-order valence-corrected chi connectivity index (χ4v) is 2.79. The molecule has 0 bridgehead atoms. The number of carbonyl (C=O) groups is 2. The van der Waals surface area contributed by atoms with Crippen molar-refractivity contribution in [2.24, 2.45) is 5.73 Å². The van der Waals surface area contributed by atoms with Gasteiger partial charge in [0, 0.05) is 17.5 Å². The van der Waals surface area contributed by atoms with Crippen LogP contribution in [0.4, 0.5) is 0 Å². The summed E-state index contributed by atoms with van der Waals surface area (Å²) in [6.07, 6.45) is 4.99. The summed E-state index contributed by atoms with van der Waals surface area (Å²) >= 11 is 0. The van der Waals surface area contributed by atoms with Gasteiger partial charge in [-0.1, -0.05) is 24.3 Å². The number of rotatable bonds is 7. The summed E-state index contributed by atoms with van der Waals surface area (Å²) in [5.74, 6) is -0.558. The number of fused-ring (bicyclic) bond motifs is 1. The molecule has 3 aromatic rings. The van der Waals surface area contributed by atoms with Crippen molar-refractivity contribution in [1.29, 1.82) is 0 Å². The minimum absolute atomic E-state index is 0.138. The fourth-order valence-electron chi connectivity index (χ4n) is 2.79. The number of benzene rings is 2. The van der Waals surface area contributed by atoms with E-state index in [9.17, 15) is 9.59 Å². The lowest BCUT2D eigenvalue weighted by Gasteiger charge is -2.08. The van der Waals surface area contributed by atoms with Crippen LogP contribution in [-0.2, 0) is 6.42 Å². The third-order valence-corrected chi connectivity index (χ3v) is 4.05. The van der Waals surface area contributed by atoms with Gasteiger partial charge >= 0.3 is 0 Å². The predicted molar refractivity (Wildman–Crippen MR) is 96.1 cm³/mol. The number of unbranched alkanes of at least 4 members (excludes halogenated alkanes) is 1. The van der Waals surface area contributed by atoms with Crippen LogP contribution in [0.1, 0.15) is 32.7 Å². The van der Waals surface area contributed by atoms with Gasteiger partial charge in [-0.3, -0.25) is 9.59 Å². The van der Waals surface area contributed by atoms with Gasteiger partial charge in [-0.15, -0.1) is 0 Å². The van der Waals surface area contributed by atoms with Gasteiger partial charge in [0.2, 0.25) is 5.91 Å². The molecule has 3 rings (SSSR count). The van der Waals surface area contributed by atoms with E-state index in [4.69, 9.17) is 10.2 Å². The topological polar surface area (TPSA) is 85.3 Å². The fraction of sp³-hybridized carbons (Fsp3) is 0.150. The van der Waals surface area contributed by atoms with Crippen molar-refractivity contribution < 1.29 is 14.0 Å². The highest BCUT2D eigenvalue weighted by molar-refractivity contribution is 6.05. The van der Waals surface area contributed by atoms with Gasteiger partial charge in [-0.2, -0.15) is 0 Å². The predicted octanol–water partition coefficient (Wildman–Crippen LogP) is 3.10. The maximum Gasteiger partial charge on any atom is 0.252 e. The largest absolute Gasteiger partial charge is 0.464 e. The summed E-state index contributed by atoms with van der Waals surface area (Å²) in [7, 11) is 0. The molecule has 5 heteroatoms. The van der Waals surface area contributed by atoms with E-state index in [1.807, 2.05) is 24.6 Å². The third-order valence-electron chi connectivity index (χ3n) is 4.05. The van der Waals surface area contributed by atoms with Gasteiger partial charge in [0.25, 0.3) is 5.91 Å². The van der Waals surface area contributed by atoms with Crippen molar-refractivity contribution in [3.05, 3.63) is 77.9 Å². The number of furan rings is 1. The van der Waals surface area contributed by atoms with Crippen LogP contribution in [0.25, 0.3) is 11.0 Å². The number of nitrogens with one attached hydrogen (secondary N) is 1. The summed E-state index contributed by atoms with van der Waals surface area (Å²) in [6.45, 7) is 0.450. The summed E-state index contributed by atoms with van der Waals surface area (Å²) in [4.78, 5) is 23.7. The molecular formula is C20H19N2O3. The monoisotopic (exact) mass is 335 g/mol.